The largest absolute Gasteiger partial charge is 0.492 e. The number of carbonyl (C=O) groups excluding carboxylic acids is 2. The number of nitrogens with zero attached hydrogens (tertiary/aromatic N) is 1. The SMILES string of the molecule is CCOC(=O)CCOc1cccc(CN(C(=O)C(CN)Cc2ccc(OCCOc3c(Cl)cc(C)cc3Cl)cc2)C2CC2)c1Br. The number of nitrogens with two attached hydrogens (primary N) is 1. The van der Waals surface area contributed by atoms with Crippen LogP contribution >= 0.6 is 39.1 Å². The molecule has 1 aliphatic carbocycles. The Hall–Kier alpha value is -2.98. The minimum atomic E-state index is -0.363. The summed E-state index contributed by atoms with van der Waals surface area (Å²) >= 11 is 16.1. The van der Waals surface area contributed by atoms with Crippen molar-refractivity contribution in [1.29, 1.82) is 0 Å². The minimum Gasteiger partial charge on any atom is -0.492 e. The van der Waals surface area contributed by atoms with Gasteiger partial charge in [-0.15, -0.1) is 0 Å². The summed E-state index contributed by atoms with van der Waals surface area (Å²) in [4.78, 5) is 27.4. The van der Waals surface area contributed by atoms with Crippen LogP contribution in [0.2, 0.25) is 10.0 Å². The first-order chi connectivity index (χ1) is 21.7. The molecule has 1 saturated carbocycles. The van der Waals surface area contributed by atoms with Gasteiger partial charge in [-0.25, -0.2) is 0 Å². The molecule has 1 aliphatic rings. The fourth-order valence-corrected chi connectivity index (χ4v) is 6.07. The van der Waals surface area contributed by atoms with Crippen LogP contribution in [0, 0.1) is 12.8 Å². The third-order valence-electron chi connectivity index (χ3n) is 7.30. The summed E-state index contributed by atoms with van der Waals surface area (Å²) in [5.41, 5.74) is 9.03. The summed E-state index contributed by atoms with van der Waals surface area (Å²) in [5, 5.41) is 0.929. The first kappa shape index (κ1) is 34.9. The van der Waals surface area contributed by atoms with Gasteiger partial charge in [-0.2, -0.15) is 0 Å². The minimum absolute atomic E-state index is 0.0337. The van der Waals surface area contributed by atoms with Crippen LogP contribution in [-0.4, -0.2) is 55.8 Å². The normalized spacial score (nSPS) is 13.2. The molecule has 45 heavy (non-hydrogen) atoms. The molecule has 0 radical (unpaired) electrons. The van der Waals surface area contributed by atoms with E-state index in [4.69, 9.17) is 47.9 Å². The number of benzene rings is 3. The van der Waals surface area contributed by atoms with Crippen molar-refractivity contribution in [1.82, 2.24) is 4.90 Å². The molecule has 1 fully saturated rings. The summed E-state index contributed by atoms with van der Waals surface area (Å²) in [6, 6.07) is 17.1. The van der Waals surface area contributed by atoms with Crippen LogP contribution in [0.25, 0.3) is 0 Å². The van der Waals surface area contributed by atoms with Crippen molar-refractivity contribution in [2.24, 2.45) is 11.7 Å². The van der Waals surface area contributed by atoms with E-state index in [1.165, 1.54) is 0 Å². The molecule has 1 atom stereocenters. The maximum Gasteiger partial charge on any atom is 0.309 e. The average Bonchev–Trinajstić information content (AvgIpc) is 3.85. The van der Waals surface area contributed by atoms with Crippen LogP contribution in [0.15, 0.2) is 59.1 Å². The van der Waals surface area contributed by atoms with E-state index in [0.29, 0.717) is 53.5 Å². The predicted molar refractivity (Wildman–Crippen MR) is 179 cm³/mol. The van der Waals surface area contributed by atoms with Crippen molar-refractivity contribution in [2.45, 2.75) is 52.1 Å². The van der Waals surface area contributed by atoms with E-state index in [1.807, 2.05) is 54.3 Å². The standard InChI is InChI=1S/C34H39BrCl2N2O6/c1-3-42-31(40)13-14-44-30-6-4-5-24(32(30)35)21-39(26-9-10-26)34(41)25(20-38)19-23-7-11-27(12-8-23)43-15-16-45-33-28(36)17-22(2)18-29(33)37/h4-8,11-12,17-18,25-26H,3,9-10,13-16,19-21,38H2,1-2H3. The van der Waals surface area contributed by atoms with Crippen LogP contribution in [0.1, 0.15) is 42.9 Å². The van der Waals surface area contributed by atoms with Gasteiger partial charge < -0.3 is 29.6 Å². The van der Waals surface area contributed by atoms with Gasteiger partial charge in [-0.3, -0.25) is 9.59 Å². The van der Waals surface area contributed by atoms with Crippen LogP contribution < -0.4 is 19.9 Å². The fraction of sp³-hybridized carbons (Fsp3) is 0.412. The van der Waals surface area contributed by atoms with E-state index in [-0.39, 0.29) is 50.0 Å². The average molecular weight is 723 g/mol. The molecule has 0 saturated heterocycles. The van der Waals surface area contributed by atoms with Crippen molar-refractivity contribution in [3.8, 4) is 17.2 Å². The topological polar surface area (TPSA) is 100 Å². The van der Waals surface area contributed by atoms with Gasteiger partial charge in [0.1, 0.15) is 24.7 Å². The third-order valence-corrected chi connectivity index (χ3v) is 8.77. The van der Waals surface area contributed by atoms with E-state index >= 15 is 0 Å². The Labute approximate surface area is 283 Å². The van der Waals surface area contributed by atoms with Crippen LogP contribution in [0.4, 0.5) is 0 Å². The number of esters is 1. The molecule has 3 aromatic rings. The van der Waals surface area contributed by atoms with Crippen molar-refractivity contribution >= 4 is 51.0 Å². The van der Waals surface area contributed by atoms with E-state index in [0.717, 1.165) is 34.0 Å². The zero-order valence-corrected chi connectivity index (χ0v) is 28.6. The number of aryl methyl sites for hydroxylation is 1. The Morgan fingerprint density at radius 3 is 2.33 bits per heavy atom. The second-order valence-corrected chi connectivity index (χ2v) is 12.5. The van der Waals surface area contributed by atoms with Crippen molar-refractivity contribution in [3.63, 3.8) is 0 Å². The number of ether oxygens (including phenoxy) is 4. The summed E-state index contributed by atoms with van der Waals surface area (Å²) in [7, 11) is 0. The molecule has 0 heterocycles. The molecule has 8 nitrogen and oxygen atoms in total. The fourth-order valence-electron chi connectivity index (χ4n) is 4.86. The van der Waals surface area contributed by atoms with Crippen molar-refractivity contribution in [2.75, 3.05) is 33.0 Å². The monoisotopic (exact) mass is 720 g/mol. The summed E-state index contributed by atoms with van der Waals surface area (Å²) in [5.74, 6) is 1.12. The van der Waals surface area contributed by atoms with Gasteiger partial charge in [0.15, 0.2) is 5.75 Å². The van der Waals surface area contributed by atoms with Crippen molar-refractivity contribution in [3.05, 3.63) is 85.8 Å². The lowest BCUT2D eigenvalue weighted by atomic mass is 9.97. The Kier molecular flexibility index (Phi) is 13.2. The number of hydrogen-bond donors (Lipinski definition) is 1. The first-order valence-corrected chi connectivity index (χ1v) is 16.6. The van der Waals surface area contributed by atoms with Crippen LogP contribution in [-0.2, 0) is 27.3 Å². The third kappa shape index (κ3) is 10.3. The van der Waals surface area contributed by atoms with E-state index in [1.54, 1.807) is 19.1 Å². The summed E-state index contributed by atoms with van der Waals surface area (Å²) in [6.07, 6.45) is 2.61. The van der Waals surface area contributed by atoms with Gasteiger partial charge in [-0.1, -0.05) is 47.5 Å². The Balaban J connectivity index is 1.31. The number of hydrogen-bond acceptors (Lipinski definition) is 7. The zero-order chi connectivity index (χ0) is 32.3. The van der Waals surface area contributed by atoms with Gasteiger partial charge in [0.2, 0.25) is 5.91 Å². The molecule has 1 unspecified atom stereocenters. The Bertz CT molecular complexity index is 1430. The first-order valence-electron chi connectivity index (χ1n) is 15.1. The molecular formula is C34H39BrCl2N2O6. The van der Waals surface area contributed by atoms with Gasteiger partial charge in [0, 0.05) is 19.1 Å². The zero-order valence-electron chi connectivity index (χ0n) is 25.5. The highest BCUT2D eigenvalue weighted by Crippen LogP contribution is 2.35. The number of amides is 1. The highest BCUT2D eigenvalue weighted by atomic mass is 79.9. The summed E-state index contributed by atoms with van der Waals surface area (Å²) < 4.78 is 23.1. The molecule has 1 amide bonds. The predicted octanol–water partition coefficient (Wildman–Crippen LogP) is 7.16. The second-order valence-electron chi connectivity index (χ2n) is 10.9. The molecule has 3 aromatic carbocycles. The highest BCUT2D eigenvalue weighted by molar-refractivity contribution is 9.10. The maximum absolute atomic E-state index is 13.8. The number of rotatable bonds is 17. The van der Waals surface area contributed by atoms with Gasteiger partial charge in [-0.05, 0) is 96.1 Å². The number of halogens is 3. The van der Waals surface area contributed by atoms with Crippen LogP contribution in [0.3, 0.4) is 0 Å². The molecule has 4 rings (SSSR count). The Morgan fingerprint density at radius 1 is 1.00 bits per heavy atom. The number of carbonyl (C=O) groups is 2. The lowest BCUT2D eigenvalue weighted by Gasteiger charge is -2.28. The van der Waals surface area contributed by atoms with Gasteiger partial charge in [0.25, 0.3) is 0 Å². The molecule has 11 heteroatoms. The van der Waals surface area contributed by atoms with Crippen LogP contribution in [0.5, 0.6) is 17.2 Å². The van der Waals surface area contributed by atoms with E-state index in [2.05, 4.69) is 15.9 Å². The molecule has 0 aromatic heterocycles. The van der Waals surface area contributed by atoms with E-state index < -0.39 is 0 Å². The molecule has 242 valence electrons. The van der Waals surface area contributed by atoms with E-state index in [9.17, 15) is 9.59 Å². The molecule has 0 aliphatic heterocycles. The van der Waals surface area contributed by atoms with Crippen molar-refractivity contribution < 1.29 is 28.5 Å². The quantitative estimate of drug-likeness (QED) is 0.117. The lowest BCUT2D eigenvalue weighted by Crippen LogP contribution is -2.41. The molecule has 0 bridgehead atoms. The van der Waals surface area contributed by atoms with Gasteiger partial charge in [0.05, 0.1) is 40.1 Å². The molecular weight excluding hydrogens is 683 g/mol. The smallest absolute Gasteiger partial charge is 0.309 e. The Morgan fingerprint density at radius 2 is 1.69 bits per heavy atom. The second kappa shape index (κ2) is 17.1. The lowest BCUT2D eigenvalue weighted by molar-refractivity contribution is -0.143. The van der Waals surface area contributed by atoms with Gasteiger partial charge >= 0.3 is 5.97 Å². The summed E-state index contributed by atoms with van der Waals surface area (Å²) in [6.45, 7) is 5.49. The molecule has 2 N–H and O–H groups in total. The maximum atomic E-state index is 13.8. The molecule has 0 spiro atoms. The highest BCUT2D eigenvalue weighted by Gasteiger charge is 2.36.